The highest BCUT2D eigenvalue weighted by Crippen LogP contribution is 2.35. The van der Waals surface area contributed by atoms with E-state index in [0.717, 1.165) is 12.1 Å². The predicted octanol–water partition coefficient (Wildman–Crippen LogP) is 2.29. The van der Waals surface area contributed by atoms with Crippen LogP contribution in [0.5, 0.6) is 0 Å². The number of benzene rings is 2. The summed E-state index contributed by atoms with van der Waals surface area (Å²) in [6, 6.07) is 3.34. The topological polar surface area (TPSA) is 194 Å². The number of nitrogens with one attached hydrogen (secondary N) is 4. The smallest absolute Gasteiger partial charge is 0.508 e. The summed E-state index contributed by atoms with van der Waals surface area (Å²) in [4.78, 5) is 79.8. The van der Waals surface area contributed by atoms with E-state index in [4.69, 9.17) is 18.6 Å². The van der Waals surface area contributed by atoms with Gasteiger partial charge in [-0.05, 0) is 68.2 Å². The Morgan fingerprint density at radius 2 is 1.29 bits per heavy atom. The standard InChI is InChI=1S/C41H52B2F4N6O10/c1-22(2)12-33(42-60-21-38(57)62-42)50-35(54)19-49-40(59)31-9-11-53(31)32-14-24(26(45)16-28(32)47)17-41(5)18-37(56)61-43(63-41)34(13-23(3)4)51-36(55)20-48-39(58)30-8-10-52(30)29-7-6-25(44)15-27(29)46/h6-7,14-16,22-23,30-31,33-34H,8-13,17-21H2,1-5H3,(H,48,58)(H,49,59)(H,50,54)(H,51,55)/t30-,31-,33-,34-,41?/m0/s1. The van der Waals surface area contributed by atoms with E-state index in [2.05, 4.69) is 21.3 Å². The van der Waals surface area contributed by atoms with E-state index in [1.165, 1.54) is 21.9 Å². The van der Waals surface area contributed by atoms with Crippen LogP contribution in [0, 0.1) is 35.1 Å². The number of anilines is 2. The Morgan fingerprint density at radius 3 is 1.79 bits per heavy atom. The molecule has 0 aliphatic carbocycles. The van der Waals surface area contributed by atoms with Crippen molar-refractivity contribution in [2.24, 2.45) is 11.8 Å². The fourth-order valence-corrected chi connectivity index (χ4v) is 8.17. The molecule has 0 radical (unpaired) electrons. The number of hydrogen-bond donors (Lipinski definition) is 4. The Kier molecular flexibility index (Phi) is 15.0. The zero-order chi connectivity index (χ0) is 45.7. The molecule has 4 fully saturated rings. The van der Waals surface area contributed by atoms with E-state index in [1.807, 2.05) is 27.7 Å². The van der Waals surface area contributed by atoms with Crippen molar-refractivity contribution in [1.82, 2.24) is 21.3 Å². The zero-order valence-corrected chi connectivity index (χ0v) is 35.8. The van der Waals surface area contributed by atoms with E-state index in [0.29, 0.717) is 31.9 Å². The summed E-state index contributed by atoms with van der Waals surface area (Å²) in [6.45, 7) is 8.62. The Balaban J connectivity index is 1.05. The molecule has 4 heterocycles. The van der Waals surface area contributed by atoms with Crippen LogP contribution in [0.2, 0.25) is 0 Å². The molecule has 4 amide bonds. The molecule has 4 aliphatic rings. The quantitative estimate of drug-likeness (QED) is 0.126. The normalized spacial score (nSPS) is 21.9. The van der Waals surface area contributed by atoms with Gasteiger partial charge in [-0.2, -0.15) is 0 Å². The highest BCUT2D eigenvalue weighted by atomic mass is 19.1. The number of nitrogens with zero attached hydrogens (tertiary/aromatic N) is 2. The molecule has 0 spiro atoms. The van der Waals surface area contributed by atoms with Gasteiger partial charge in [-0.3, -0.25) is 28.8 Å². The average molecular weight is 887 g/mol. The molecule has 4 N–H and O–H groups in total. The van der Waals surface area contributed by atoms with Crippen LogP contribution < -0.4 is 31.1 Å². The third-order valence-electron chi connectivity index (χ3n) is 11.3. The lowest BCUT2D eigenvalue weighted by atomic mass is 9.70. The molecule has 4 aliphatic heterocycles. The van der Waals surface area contributed by atoms with Crippen LogP contribution in [0.3, 0.4) is 0 Å². The predicted molar refractivity (Wildman–Crippen MR) is 220 cm³/mol. The molecule has 63 heavy (non-hydrogen) atoms. The second kappa shape index (κ2) is 20.0. The van der Waals surface area contributed by atoms with Crippen LogP contribution >= 0.6 is 0 Å². The lowest BCUT2D eigenvalue weighted by Gasteiger charge is -2.42. The van der Waals surface area contributed by atoms with Crippen molar-refractivity contribution in [3.05, 3.63) is 59.2 Å². The van der Waals surface area contributed by atoms with Gasteiger partial charge >= 0.3 is 20.2 Å². The van der Waals surface area contributed by atoms with E-state index in [1.54, 1.807) is 6.92 Å². The second-order valence-electron chi connectivity index (χ2n) is 17.5. The van der Waals surface area contributed by atoms with Crippen LogP contribution in [0.15, 0.2) is 30.3 Å². The summed E-state index contributed by atoms with van der Waals surface area (Å²) in [6.07, 6.45) is 0.864. The maximum atomic E-state index is 15.5. The summed E-state index contributed by atoms with van der Waals surface area (Å²) < 4.78 is 81.0. The average Bonchev–Trinajstić information content (AvgIpc) is 3.60. The first-order valence-corrected chi connectivity index (χ1v) is 21.1. The van der Waals surface area contributed by atoms with Crippen molar-refractivity contribution in [2.45, 2.75) is 103 Å². The van der Waals surface area contributed by atoms with Crippen molar-refractivity contribution < 1.29 is 64.9 Å². The van der Waals surface area contributed by atoms with Gasteiger partial charge in [-0.25, -0.2) is 17.6 Å². The molecular weight excluding hydrogens is 834 g/mol. The summed E-state index contributed by atoms with van der Waals surface area (Å²) in [7, 11) is -2.29. The van der Waals surface area contributed by atoms with Gasteiger partial charge in [0, 0.05) is 31.6 Å². The lowest BCUT2D eigenvalue weighted by molar-refractivity contribution is -0.148. The van der Waals surface area contributed by atoms with Crippen LogP contribution in [0.4, 0.5) is 28.9 Å². The molecule has 1 unspecified atom stereocenters. The minimum absolute atomic E-state index is 0.0171. The van der Waals surface area contributed by atoms with Gasteiger partial charge in [-0.15, -0.1) is 0 Å². The Labute approximate surface area is 363 Å². The molecule has 5 atom stereocenters. The molecule has 0 bridgehead atoms. The second-order valence-corrected chi connectivity index (χ2v) is 17.5. The summed E-state index contributed by atoms with van der Waals surface area (Å²) in [5, 5.41) is 10.6. The van der Waals surface area contributed by atoms with Gasteiger partial charge in [-0.1, -0.05) is 27.7 Å². The molecule has 22 heteroatoms. The molecule has 2 aromatic carbocycles. The number of carbonyl (C=O) groups is 6. The van der Waals surface area contributed by atoms with Crippen molar-refractivity contribution in [3.8, 4) is 0 Å². The summed E-state index contributed by atoms with van der Waals surface area (Å²) in [5.41, 5.74) is -1.43. The fourth-order valence-electron chi connectivity index (χ4n) is 8.17. The summed E-state index contributed by atoms with van der Waals surface area (Å²) in [5.74, 6) is -8.44. The number of halogens is 4. The van der Waals surface area contributed by atoms with Crippen molar-refractivity contribution in [2.75, 3.05) is 42.6 Å². The van der Waals surface area contributed by atoms with Gasteiger partial charge < -0.3 is 49.7 Å². The van der Waals surface area contributed by atoms with Crippen LogP contribution in [-0.4, -0.2) is 112 Å². The number of hydrogen-bond acceptors (Lipinski definition) is 12. The van der Waals surface area contributed by atoms with Gasteiger partial charge in [0.15, 0.2) is 0 Å². The molecule has 0 saturated carbocycles. The van der Waals surface area contributed by atoms with Gasteiger partial charge in [0.05, 0.1) is 48.4 Å². The van der Waals surface area contributed by atoms with E-state index < -0.39 is 116 Å². The fraction of sp³-hybridized carbons (Fsp3) is 0.561. The maximum absolute atomic E-state index is 15.5. The van der Waals surface area contributed by atoms with Crippen LogP contribution in [0.25, 0.3) is 0 Å². The number of carbonyl (C=O) groups excluding carboxylic acids is 6. The highest BCUT2D eigenvalue weighted by Gasteiger charge is 2.48. The Hall–Kier alpha value is -5.37. The molecule has 340 valence electrons. The van der Waals surface area contributed by atoms with Crippen molar-refractivity contribution >= 4 is 61.2 Å². The minimum Gasteiger partial charge on any atom is -0.508 e. The van der Waals surface area contributed by atoms with E-state index >= 15 is 8.78 Å². The van der Waals surface area contributed by atoms with E-state index in [-0.39, 0.29) is 61.2 Å². The lowest BCUT2D eigenvalue weighted by Crippen LogP contribution is -2.60. The van der Waals surface area contributed by atoms with Crippen LogP contribution in [0.1, 0.15) is 72.3 Å². The Morgan fingerprint density at radius 1 is 0.746 bits per heavy atom. The largest absolute Gasteiger partial charge is 0.551 e. The minimum atomic E-state index is -1.40. The number of rotatable bonds is 18. The summed E-state index contributed by atoms with van der Waals surface area (Å²) >= 11 is 0. The maximum Gasteiger partial charge on any atom is 0.551 e. The highest BCUT2D eigenvalue weighted by molar-refractivity contribution is 6.51. The van der Waals surface area contributed by atoms with Crippen molar-refractivity contribution in [1.29, 1.82) is 0 Å². The SMILES string of the molecule is CC(C)C[C@H](NC(=O)CNC(=O)[C@@H]1CCN1c1cc(CC2(C)CC(=O)OB([C@H](CC(C)C)NC(=O)CNC(=O)[C@@H]3CCN3c3ccc(F)cc3F)O2)c(F)cc1F)B1OCC(=O)O1. The number of amides is 4. The Bertz CT molecular complexity index is 2090. The molecule has 16 nitrogen and oxygen atoms in total. The molecule has 4 saturated heterocycles. The first-order valence-electron chi connectivity index (χ1n) is 21.1. The zero-order valence-electron chi connectivity index (χ0n) is 35.8. The third-order valence-corrected chi connectivity index (χ3v) is 11.3. The first kappa shape index (κ1) is 47.1. The molecule has 2 aromatic rings. The van der Waals surface area contributed by atoms with Gasteiger partial charge in [0.2, 0.25) is 23.6 Å². The van der Waals surface area contributed by atoms with Crippen molar-refractivity contribution in [3.63, 3.8) is 0 Å². The van der Waals surface area contributed by atoms with Gasteiger partial charge in [0.1, 0.15) is 42.0 Å². The molecular formula is C41H52B2F4N6O10. The molecule has 0 aromatic heterocycles. The first-order chi connectivity index (χ1) is 29.8. The third kappa shape index (κ3) is 11.8. The van der Waals surface area contributed by atoms with E-state index in [9.17, 15) is 37.5 Å². The monoisotopic (exact) mass is 886 g/mol. The molecule has 6 rings (SSSR count). The van der Waals surface area contributed by atoms with Crippen LogP contribution in [-0.2, 0) is 53.8 Å². The van der Waals surface area contributed by atoms with Gasteiger partial charge in [0.25, 0.3) is 5.97 Å².